The Morgan fingerprint density at radius 3 is 1.12 bits per heavy atom. The average Bonchev–Trinajstić information content (AvgIpc) is 2.97. The molecule has 4 nitrogen and oxygen atoms in total. The number of aliphatic carboxylic acids is 1. The maximum Gasteiger partial charge on any atom is 0.306 e. The van der Waals surface area contributed by atoms with Crippen molar-refractivity contribution in [1.82, 2.24) is 0 Å². The second-order valence-electron chi connectivity index (χ2n) is 13.3. The molecule has 250 valence electrons. The van der Waals surface area contributed by atoms with E-state index in [9.17, 15) is 9.59 Å². The number of hydrogen-bond acceptors (Lipinski definition) is 3. The van der Waals surface area contributed by atoms with E-state index in [1.165, 1.54) is 167 Å². The van der Waals surface area contributed by atoms with Gasteiger partial charge in [0.2, 0.25) is 0 Å². The molecule has 0 aliphatic carbocycles. The number of hydrogen-bond donors (Lipinski definition) is 1. The lowest BCUT2D eigenvalue weighted by molar-refractivity contribution is -0.154. The van der Waals surface area contributed by atoms with E-state index >= 15 is 0 Å². The Morgan fingerprint density at radius 2 is 0.786 bits per heavy atom. The molecule has 0 aliphatic heterocycles. The molecule has 0 aliphatic rings. The lowest BCUT2D eigenvalue weighted by atomic mass is 9.92. The standard InChI is InChI=1S/C38H74O4/c1-4-6-8-10-12-14-16-17-18-19-20-22-23-25-27-29-31-35(3)36(42-38(41)34-33-37(39)40)32-30-28-26-24-21-15-13-11-9-7-5-2/h35-36H,4-34H2,1-3H3,(H,39,40). The Balaban J connectivity index is 3.96. The van der Waals surface area contributed by atoms with Crippen molar-refractivity contribution < 1.29 is 19.4 Å². The lowest BCUT2D eigenvalue weighted by Gasteiger charge is -2.24. The molecule has 42 heavy (non-hydrogen) atoms. The Bertz CT molecular complexity index is 575. The summed E-state index contributed by atoms with van der Waals surface area (Å²) in [5.74, 6) is -0.937. The van der Waals surface area contributed by atoms with Gasteiger partial charge in [-0.1, -0.05) is 188 Å². The summed E-state index contributed by atoms with van der Waals surface area (Å²) in [7, 11) is 0. The quantitative estimate of drug-likeness (QED) is 0.0594. The molecule has 2 atom stereocenters. The van der Waals surface area contributed by atoms with Crippen molar-refractivity contribution in [2.24, 2.45) is 5.92 Å². The molecule has 0 rings (SSSR count). The summed E-state index contributed by atoms with van der Waals surface area (Å²) in [6.45, 7) is 6.77. The highest BCUT2D eigenvalue weighted by atomic mass is 16.5. The highest BCUT2D eigenvalue weighted by Crippen LogP contribution is 2.23. The van der Waals surface area contributed by atoms with Crippen LogP contribution in [0.4, 0.5) is 0 Å². The van der Waals surface area contributed by atoms with Crippen molar-refractivity contribution in [2.45, 2.75) is 226 Å². The fourth-order valence-corrected chi connectivity index (χ4v) is 6.11. The van der Waals surface area contributed by atoms with Crippen LogP contribution in [0.1, 0.15) is 220 Å². The molecular formula is C38H74O4. The van der Waals surface area contributed by atoms with Gasteiger partial charge < -0.3 is 9.84 Å². The zero-order chi connectivity index (χ0) is 30.9. The van der Waals surface area contributed by atoms with Gasteiger partial charge in [0, 0.05) is 0 Å². The highest BCUT2D eigenvalue weighted by Gasteiger charge is 2.21. The van der Waals surface area contributed by atoms with Crippen LogP contribution in [0.25, 0.3) is 0 Å². The predicted octanol–water partition coefficient (Wildman–Crippen LogP) is 12.8. The van der Waals surface area contributed by atoms with Crippen LogP contribution in [0, 0.1) is 5.92 Å². The van der Waals surface area contributed by atoms with Gasteiger partial charge in [0.1, 0.15) is 6.10 Å². The Labute approximate surface area is 262 Å². The van der Waals surface area contributed by atoms with Gasteiger partial charge in [0.15, 0.2) is 0 Å². The van der Waals surface area contributed by atoms with Crippen LogP contribution in [0.3, 0.4) is 0 Å². The van der Waals surface area contributed by atoms with Crippen LogP contribution >= 0.6 is 0 Å². The molecule has 0 heterocycles. The third kappa shape index (κ3) is 30.4. The van der Waals surface area contributed by atoms with Crippen LogP contribution in [0.15, 0.2) is 0 Å². The molecule has 1 N–H and O–H groups in total. The van der Waals surface area contributed by atoms with E-state index in [1.54, 1.807) is 0 Å². The summed E-state index contributed by atoms with van der Waals surface area (Å²) in [5, 5.41) is 8.92. The van der Waals surface area contributed by atoms with Gasteiger partial charge in [-0.3, -0.25) is 9.59 Å². The van der Waals surface area contributed by atoms with E-state index in [0.717, 1.165) is 19.3 Å². The monoisotopic (exact) mass is 595 g/mol. The second kappa shape index (κ2) is 32.8. The average molecular weight is 595 g/mol. The summed E-state index contributed by atoms with van der Waals surface area (Å²) < 4.78 is 5.83. The summed E-state index contributed by atoms with van der Waals surface area (Å²) >= 11 is 0. The van der Waals surface area contributed by atoms with E-state index < -0.39 is 5.97 Å². The first kappa shape index (κ1) is 40.9. The number of esters is 1. The van der Waals surface area contributed by atoms with E-state index in [2.05, 4.69) is 20.8 Å². The summed E-state index contributed by atoms with van der Waals surface area (Å²) in [5.41, 5.74) is 0. The normalized spacial score (nSPS) is 12.8. The van der Waals surface area contributed by atoms with Crippen LogP contribution < -0.4 is 0 Å². The number of carboxylic acid groups (broad SMARTS) is 1. The summed E-state index contributed by atoms with van der Waals surface area (Å²) in [6, 6.07) is 0. The molecule has 0 spiro atoms. The van der Waals surface area contributed by atoms with Gasteiger partial charge in [-0.25, -0.2) is 0 Å². The maximum absolute atomic E-state index is 12.3. The number of carbonyl (C=O) groups excluding carboxylic acids is 1. The van der Waals surface area contributed by atoms with Crippen molar-refractivity contribution in [3.8, 4) is 0 Å². The minimum atomic E-state index is -0.935. The molecule has 0 bridgehead atoms. The summed E-state index contributed by atoms with van der Waals surface area (Å²) in [4.78, 5) is 23.2. The van der Waals surface area contributed by atoms with Crippen LogP contribution in [0.5, 0.6) is 0 Å². The number of ether oxygens (including phenoxy) is 1. The topological polar surface area (TPSA) is 63.6 Å². The van der Waals surface area contributed by atoms with E-state index in [1.807, 2.05) is 0 Å². The largest absolute Gasteiger partial charge is 0.481 e. The zero-order valence-electron chi connectivity index (χ0n) is 28.7. The summed E-state index contributed by atoms with van der Waals surface area (Å²) in [6.07, 6.45) is 38.2. The first-order chi connectivity index (χ1) is 20.5. The molecule has 0 saturated heterocycles. The van der Waals surface area contributed by atoms with E-state index in [0.29, 0.717) is 5.92 Å². The Morgan fingerprint density at radius 1 is 0.476 bits per heavy atom. The van der Waals surface area contributed by atoms with Gasteiger partial charge in [0.25, 0.3) is 0 Å². The van der Waals surface area contributed by atoms with Crippen molar-refractivity contribution in [3.05, 3.63) is 0 Å². The van der Waals surface area contributed by atoms with Crippen molar-refractivity contribution in [3.63, 3.8) is 0 Å². The van der Waals surface area contributed by atoms with Gasteiger partial charge >= 0.3 is 11.9 Å². The molecule has 0 radical (unpaired) electrons. The Kier molecular flexibility index (Phi) is 32.0. The number of carbonyl (C=O) groups is 2. The number of unbranched alkanes of at least 4 members (excludes halogenated alkanes) is 25. The molecule has 0 amide bonds. The van der Waals surface area contributed by atoms with Crippen molar-refractivity contribution >= 4 is 11.9 Å². The number of carboxylic acids is 1. The van der Waals surface area contributed by atoms with Gasteiger partial charge in [-0.15, -0.1) is 0 Å². The van der Waals surface area contributed by atoms with Gasteiger partial charge in [-0.05, 0) is 25.2 Å². The van der Waals surface area contributed by atoms with Crippen LogP contribution in [-0.4, -0.2) is 23.1 Å². The second-order valence-corrected chi connectivity index (χ2v) is 13.3. The minimum absolute atomic E-state index is 0.0180. The lowest BCUT2D eigenvalue weighted by Crippen LogP contribution is -2.26. The SMILES string of the molecule is CCCCCCCCCCCCCCCCCCC(C)C(CCCCCCCCCCCCC)OC(=O)CCC(=O)O. The molecule has 0 fully saturated rings. The minimum Gasteiger partial charge on any atom is -0.481 e. The highest BCUT2D eigenvalue weighted by molar-refractivity contribution is 5.76. The first-order valence-corrected chi connectivity index (χ1v) is 18.9. The van der Waals surface area contributed by atoms with E-state index in [4.69, 9.17) is 9.84 Å². The Hall–Kier alpha value is -1.06. The molecule has 2 unspecified atom stereocenters. The predicted molar refractivity (Wildman–Crippen MR) is 181 cm³/mol. The fourth-order valence-electron chi connectivity index (χ4n) is 6.11. The molecule has 0 aromatic heterocycles. The third-order valence-electron chi connectivity index (χ3n) is 9.07. The van der Waals surface area contributed by atoms with E-state index in [-0.39, 0.29) is 24.9 Å². The maximum atomic E-state index is 12.3. The van der Waals surface area contributed by atoms with Crippen LogP contribution in [-0.2, 0) is 14.3 Å². The molecule has 0 aromatic carbocycles. The molecular weight excluding hydrogens is 520 g/mol. The van der Waals surface area contributed by atoms with Gasteiger partial charge in [-0.2, -0.15) is 0 Å². The van der Waals surface area contributed by atoms with Crippen molar-refractivity contribution in [2.75, 3.05) is 0 Å². The van der Waals surface area contributed by atoms with Gasteiger partial charge in [0.05, 0.1) is 12.8 Å². The molecule has 0 aromatic rings. The first-order valence-electron chi connectivity index (χ1n) is 18.9. The third-order valence-corrected chi connectivity index (χ3v) is 9.07. The number of rotatable bonds is 34. The molecule has 4 heteroatoms. The molecule has 0 saturated carbocycles. The smallest absolute Gasteiger partial charge is 0.306 e. The van der Waals surface area contributed by atoms with Crippen LogP contribution in [0.2, 0.25) is 0 Å². The fraction of sp³-hybridized carbons (Fsp3) is 0.947. The van der Waals surface area contributed by atoms with Crippen molar-refractivity contribution in [1.29, 1.82) is 0 Å². The zero-order valence-corrected chi connectivity index (χ0v) is 28.7.